The lowest BCUT2D eigenvalue weighted by Gasteiger charge is -2.37. The number of hydrogen-bond acceptors (Lipinski definition) is 2. The summed E-state index contributed by atoms with van der Waals surface area (Å²) >= 11 is 3.65. The molecule has 2 N–H and O–H groups in total. The zero-order valence-electron chi connectivity index (χ0n) is 12.4. The largest absolute Gasteiger partial charge is 0.325 e. The van der Waals surface area contributed by atoms with Crippen LogP contribution in [-0.2, 0) is 13.5 Å². The van der Waals surface area contributed by atoms with E-state index >= 15 is 0 Å². The van der Waals surface area contributed by atoms with Gasteiger partial charge in [0.25, 0.3) is 0 Å². The molecule has 1 fully saturated rings. The molecule has 1 aromatic rings. The fourth-order valence-electron chi connectivity index (χ4n) is 3.33. The molecule has 1 aliphatic rings. The van der Waals surface area contributed by atoms with E-state index in [2.05, 4.69) is 28.0 Å². The van der Waals surface area contributed by atoms with Gasteiger partial charge in [-0.05, 0) is 54.5 Å². The Kier molecular flexibility index (Phi) is 4.72. The van der Waals surface area contributed by atoms with Crippen LogP contribution in [0, 0.1) is 12.8 Å². The summed E-state index contributed by atoms with van der Waals surface area (Å²) in [6.45, 7) is 4.31. The van der Waals surface area contributed by atoms with E-state index in [1.54, 1.807) is 0 Å². The Morgan fingerprint density at radius 1 is 1.42 bits per heavy atom. The second-order valence-electron chi connectivity index (χ2n) is 6.24. The second-order valence-corrected chi connectivity index (χ2v) is 7.03. The molecule has 1 aromatic heterocycles. The van der Waals surface area contributed by atoms with Crippen molar-refractivity contribution >= 4 is 15.9 Å². The van der Waals surface area contributed by atoms with Gasteiger partial charge in [-0.1, -0.05) is 19.8 Å². The molecule has 2 rings (SSSR count). The smallest absolute Gasteiger partial charge is 0.0738 e. The van der Waals surface area contributed by atoms with Crippen LogP contribution in [0.1, 0.15) is 56.8 Å². The maximum atomic E-state index is 6.63. The summed E-state index contributed by atoms with van der Waals surface area (Å²) < 4.78 is 3.11. The predicted octanol–water partition coefficient (Wildman–Crippen LogP) is 3.72. The molecule has 108 valence electrons. The Morgan fingerprint density at radius 2 is 2.05 bits per heavy atom. The number of rotatable bonds is 4. The molecular formula is C15H26BrN3. The third-order valence-corrected chi connectivity index (χ3v) is 5.61. The summed E-state index contributed by atoms with van der Waals surface area (Å²) in [5.74, 6) is 0.901. The normalized spacial score (nSPS) is 27.7. The van der Waals surface area contributed by atoms with E-state index < -0.39 is 0 Å². The Bertz CT molecular complexity index is 431. The first kappa shape index (κ1) is 15.0. The maximum absolute atomic E-state index is 6.63. The Hall–Kier alpha value is -0.350. The number of aryl methyl sites for hydroxylation is 2. The summed E-state index contributed by atoms with van der Waals surface area (Å²) in [5.41, 5.74) is 8.90. The lowest BCUT2D eigenvalue weighted by atomic mass is 9.73. The van der Waals surface area contributed by atoms with Crippen LogP contribution in [0.25, 0.3) is 0 Å². The maximum Gasteiger partial charge on any atom is 0.0738 e. The lowest BCUT2D eigenvalue weighted by Crippen LogP contribution is -2.45. The third kappa shape index (κ3) is 3.40. The van der Waals surface area contributed by atoms with Gasteiger partial charge >= 0.3 is 0 Å². The number of aromatic nitrogens is 2. The van der Waals surface area contributed by atoms with Crippen molar-refractivity contribution in [2.24, 2.45) is 18.7 Å². The van der Waals surface area contributed by atoms with Gasteiger partial charge in [0.1, 0.15) is 0 Å². The molecule has 0 saturated heterocycles. The molecule has 0 aromatic carbocycles. The van der Waals surface area contributed by atoms with Crippen LogP contribution >= 0.6 is 15.9 Å². The third-order valence-electron chi connectivity index (χ3n) is 4.58. The van der Waals surface area contributed by atoms with Crippen LogP contribution in [0.2, 0.25) is 0 Å². The average Bonchev–Trinajstić information content (AvgIpc) is 2.60. The Labute approximate surface area is 125 Å². The van der Waals surface area contributed by atoms with Crippen LogP contribution in [-0.4, -0.2) is 15.3 Å². The fourth-order valence-corrected chi connectivity index (χ4v) is 3.81. The van der Waals surface area contributed by atoms with Crippen molar-refractivity contribution in [3.63, 3.8) is 0 Å². The molecule has 0 spiro atoms. The summed E-state index contributed by atoms with van der Waals surface area (Å²) in [6.07, 6.45) is 8.48. The van der Waals surface area contributed by atoms with E-state index in [1.807, 2.05) is 18.7 Å². The molecule has 0 atom stereocenters. The average molecular weight is 328 g/mol. The molecule has 1 aliphatic carbocycles. The molecule has 3 nitrogen and oxygen atoms in total. The Balaban J connectivity index is 2.03. The minimum absolute atomic E-state index is 0.0347. The van der Waals surface area contributed by atoms with Crippen LogP contribution in [0.3, 0.4) is 0 Å². The van der Waals surface area contributed by atoms with Gasteiger partial charge in [-0.25, -0.2) is 0 Å². The number of hydrogen-bond donors (Lipinski definition) is 1. The molecule has 1 saturated carbocycles. The first-order valence-electron chi connectivity index (χ1n) is 7.42. The van der Waals surface area contributed by atoms with Gasteiger partial charge in [-0.3, -0.25) is 4.68 Å². The molecule has 1 heterocycles. The van der Waals surface area contributed by atoms with E-state index in [4.69, 9.17) is 5.73 Å². The van der Waals surface area contributed by atoms with Crippen molar-refractivity contribution in [2.45, 2.75) is 64.3 Å². The monoisotopic (exact) mass is 327 g/mol. The molecule has 0 bridgehead atoms. The highest BCUT2D eigenvalue weighted by Gasteiger charge is 2.33. The topological polar surface area (TPSA) is 43.8 Å². The van der Waals surface area contributed by atoms with Gasteiger partial charge < -0.3 is 5.73 Å². The minimum atomic E-state index is -0.0347. The molecule has 0 aliphatic heterocycles. The van der Waals surface area contributed by atoms with Gasteiger partial charge in [0.05, 0.1) is 15.9 Å². The highest BCUT2D eigenvalue weighted by Crippen LogP contribution is 2.36. The van der Waals surface area contributed by atoms with E-state index in [1.165, 1.54) is 31.4 Å². The summed E-state index contributed by atoms with van der Waals surface area (Å²) in [4.78, 5) is 0. The second kappa shape index (κ2) is 5.96. The highest BCUT2D eigenvalue weighted by molar-refractivity contribution is 9.10. The first-order chi connectivity index (χ1) is 8.95. The van der Waals surface area contributed by atoms with Gasteiger partial charge in [0, 0.05) is 19.0 Å². The van der Waals surface area contributed by atoms with Crippen molar-refractivity contribution < 1.29 is 0 Å². The fraction of sp³-hybridized carbons (Fsp3) is 0.800. The highest BCUT2D eigenvalue weighted by atomic mass is 79.9. The van der Waals surface area contributed by atoms with Gasteiger partial charge in [0.15, 0.2) is 0 Å². The number of nitrogens with two attached hydrogens (primary N) is 1. The minimum Gasteiger partial charge on any atom is -0.325 e. The van der Waals surface area contributed by atoms with Gasteiger partial charge in [0.2, 0.25) is 0 Å². The summed E-state index contributed by atoms with van der Waals surface area (Å²) in [5, 5.41) is 4.47. The molecular weight excluding hydrogens is 302 g/mol. The van der Waals surface area contributed by atoms with Crippen LogP contribution in [0.15, 0.2) is 4.47 Å². The van der Waals surface area contributed by atoms with E-state index in [-0.39, 0.29) is 5.54 Å². The van der Waals surface area contributed by atoms with Crippen molar-refractivity contribution in [1.29, 1.82) is 0 Å². The van der Waals surface area contributed by atoms with E-state index in [9.17, 15) is 0 Å². The van der Waals surface area contributed by atoms with Gasteiger partial charge in [-0.2, -0.15) is 5.10 Å². The zero-order chi connectivity index (χ0) is 14.0. The van der Waals surface area contributed by atoms with E-state index in [0.717, 1.165) is 35.3 Å². The van der Waals surface area contributed by atoms with Crippen molar-refractivity contribution in [1.82, 2.24) is 9.78 Å². The SMILES string of the molecule is CCCC1CCC(N)(Cc2c(Br)c(C)nn2C)CC1. The van der Waals surface area contributed by atoms with Crippen molar-refractivity contribution in [3.05, 3.63) is 15.9 Å². The van der Waals surface area contributed by atoms with E-state index in [0.29, 0.717) is 0 Å². The van der Waals surface area contributed by atoms with Crippen molar-refractivity contribution in [2.75, 3.05) is 0 Å². The first-order valence-corrected chi connectivity index (χ1v) is 8.21. The van der Waals surface area contributed by atoms with Crippen molar-refractivity contribution in [3.8, 4) is 0 Å². The van der Waals surface area contributed by atoms with Crippen LogP contribution in [0.4, 0.5) is 0 Å². The molecule has 19 heavy (non-hydrogen) atoms. The zero-order valence-corrected chi connectivity index (χ0v) is 14.0. The van der Waals surface area contributed by atoms with Gasteiger partial charge in [-0.15, -0.1) is 0 Å². The summed E-state index contributed by atoms with van der Waals surface area (Å²) in [6, 6.07) is 0. The summed E-state index contributed by atoms with van der Waals surface area (Å²) in [7, 11) is 2.01. The standard InChI is InChI=1S/C15H26BrN3/c1-4-5-12-6-8-15(17,9-7-12)10-13-14(16)11(2)18-19(13)3/h12H,4-10,17H2,1-3H3. The molecule has 4 heteroatoms. The Morgan fingerprint density at radius 3 is 2.53 bits per heavy atom. The van der Waals surface area contributed by atoms with Crippen LogP contribution < -0.4 is 5.73 Å². The molecule has 0 amide bonds. The quantitative estimate of drug-likeness (QED) is 0.915. The predicted molar refractivity (Wildman–Crippen MR) is 83.1 cm³/mol. The molecule has 0 radical (unpaired) electrons. The lowest BCUT2D eigenvalue weighted by molar-refractivity contribution is 0.220. The number of halogens is 1. The number of nitrogens with zero attached hydrogens (tertiary/aromatic N) is 2. The van der Waals surface area contributed by atoms with Crippen LogP contribution in [0.5, 0.6) is 0 Å². The molecule has 0 unspecified atom stereocenters.